The third-order valence-electron chi connectivity index (χ3n) is 3.56. The summed E-state index contributed by atoms with van der Waals surface area (Å²) in [5, 5.41) is 2.99. The summed E-state index contributed by atoms with van der Waals surface area (Å²) in [6.45, 7) is 2.45. The molecule has 2 rings (SSSR count). The first kappa shape index (κ1) is 17.9. The van der Waals surface area contributed by atoms with Crippen molar-refractivity contribution in [1.82, 2.24) is 5.32 Å². The van der Waals surface area contributed by atoms with E-state index in [9.17, 15) is 13.2 Å². The number of carbonyl (C=O) groups is 1. The first-order valence-corrected chi connectivity index (χ1v) is 8.72. The fourth-order valence-electron chi connectivity index (χ4n) is 2.28. The minimum atomic E-state index is -3.77. The average Bonchev–Trinajstić information content (AvgIpc) is 3.00. The van der Waals surface area contributed by atoms with Crippen molar-refractivity contribution in [3.05, 3.63) is 29.8 Å². The summed E-state index contributed by atoms with van der Waals surface area (Å²) in [5.41, 5.74) is 0.973. The maximum Gasteiger partial charge on any atom is 0.322 e. The zero-order chi connectivity index (χ0) is 16.9. The molecule has 23 heavy (non-hydrogen) atoms. The largest absolute Gasteiger partial charge is 0.468 e. The van der Waals surface area contributed by atoms with Crippen molar-refractivity contribution in [3.8, 4) is 0 Å². The molecule has 1 N–H and O–H groups in total. The summed E-state index contributed by atoms with van der Waals surface area (Å²) in [6, 6.07) is 6.07. The highest BCUT2D eigenvalue weighted by atomic mass is 32.2. The van der Waals surface area contributed by atoms with E-state index < -0.39 is 10.1 Å². The van der Waals surface area contributed by atoms with Gasteiger partial charge in [-0.2, -0.15) is 8.42 Å². The van der Waals surface area contributed by atoms with Gasteiger partial charge in [-0.15, -0.1) is 0 Å². The molecule has 8 heteroatoms. The van der Waals surface area contributed by atoms with Crippen LogP contribution in [0.25, 0.3) is 0 Å². The summed E-state index contributed by atoms with van der Waals surface area (Å²) in [7, 11) is -2.44. The van der Waals surface area contributed by atoms with Crippen LogP contribution in [0.4, 0.5) is 0 Å². The summed E-state index contributed by atoms with van der Waals surface area (Å²) < 4.78 is 39.1. The van der Waals surface area contributed by atoms with E-state index in [0.717, 1.165) is 5.56 Å². The number of carbonyl (C=O) groups excluding carboxylic acids is 1. The van der Waals surface area contributed by atoms with Crippen molar-refractivity contribution in [2.24, 2.45) is 0 Å². The Bertz CT molecular complexity index is 628. The number of benzene rings is 1. The molecule has 0 aromatic heterocycles. The summed E-state index contributed by atoms with van der Waals surface area (Å²) in [5.74, 6) is -0.325. The molecule has 0 unspecified atom stereocenters. The van der Waals surface area contributed by atoms with E-state index in [1.54, 1.807) is 12.1 Å². The van der Waals surface area contributed by atoms with Gasteiger partial charge in [0.05, 0.1) is 31.3 Å². The lowest BCUT2D eigenvalue weighted by atomic mass is 10.2. The van der Waals surface area contributed by atoms with E-state index in [0.29, 0.717) is 13.0 Å². The Morgan fingerprint density at radius 1 is 1.26 bits per heavy atom. The van der Waals surface area contributed by atoms with E-state index in [2.05, 4.69) is 10.1 Å². The Hall–Kier alpha value is -1.48. The number of hydrogen-bond donors (Lipinski definition) is 1. The highest BCUT2D eigenvalue weighted by molar-refractivity contribution is 7.86. The zero-order valence-corrected chi connectivity index (χ0v) is 14.0. The lowest BCUT2D eigenvalue weighted by Crippen LogP contribution is -2.31. The molecule has 7 nitrogen and oxygen atoms in total. The first-order chi connectivity index (χ1) is 10.9. The maximum absolute atomic E-state index is 12.0. The standard InChI is InChI=1S/C15H21NO6S/c1-11-3-5-13(6-4-11)23(18,19)22-8-7-21-12-9-14(16-10-12)15(17)20-2/h3-6,12,14,16H,7-10H2,1-2H3/t12-,14+/m1/s1. The fraction of sp³-hybridized carbons (Fsp3) is 0.533. The van der Waals surface area contributed by atoms with Gasteiger partial charge in [-0.1, -0.05) is 17.7 Å². The van der Waals surface area contributed by atoms with Gasteiger partial charge in [-0.3, -0.25) is 8.98 Å². The Morgan fingerprint density at radius 3 is 2.61 bits per heavy atom. The van der Waals surface area contributed by atoms with Crippen LogP contribution in [0, 0.1) is 6.92 Å². The number of aryl methyl sites for hydroxylation is 1. The molecular formula is C15H21NO6S. The third kappa shape index (κ3) is 5.00. The van der Waals surface area contributed by atoms with Crippen molar-refractivity contribution in [3.63, 3.8) is 0 Å². The normalized spacial score (nSPS) is 21.3. The van der Waals surface area contributed by atoms with Crippen LogP contribution in [-0.4, -0.2) is 53.4 Å². The molecule has 1 heterocycles. The Kier molecular flexibility index (Phi) is 6.11. The highest BCUT2D eigenvalue weighted by Crippen LogP contribution is 2.14. The maximum atomic E-state index is 12.0. The number of methoxy groups -OCH3 is 1. The van der Waals surface area contributed by atoms with Gasteiger partial charge in [0.15, 0.2) is 0 Å². The van der Waals surface area contributed by atoms with Gasteiger partial charge in [0.2, 0.25) is 0 Å². The second kappa shape index (κ2) is 7.87. The summed E-state index contributed by atoms with van der Waals surface area (Å²) in [4.78, 5) is 11.5. The Morgan fingerprint density at radius 2 is 1.96 bits per heavy atom. The molecule has 0 saturated carbocycles. The number of nitrogens with one attached hydrogen (secondary N) is 1. The van der Waals surface area contributed by atoms with Crippen LogP contribution in [0.3, 0.4) is 0 Å². The number of ether oxygens (including phenoxy) is 2. The Balaban J connectivity index is 1.73. The molecule has 0 bridgehead atoms. The van der Waals surface area contributed by atoms with Crippen LogP contribution in [-0.2, 0) is 28.6 Å². The minimum absolute atomic E-state index is 0.0738. The fourth-order valence-corrected chi connectivity index (χ4v) is 3.18. The van der Waals surface area contributed by atoms with Gasteiger partial charge in [-0.25, -0.2) is 0 Å². The summed E-state index contributed by atoms with van der Waals surface area (Å²) in [6.07, 6.45) is 0.335. The van der Waals surface area contributed by atoms with Crippen molar-refractivity contribution in [2.45, 2.75) is 30.4 Å². The monoisotopic (exact) mass is 343 g/mol. The Labute approximate surface area is 136 Å². The SMILES string of the molecule is COC(=O)[C@@H]1C[C@@H](OCCOS(=O)(=O)c2ccc(C)cc2)CN1. The van der Waals surface area contributed by atoms with Gasteiger partial charge in [-0.05, 0) is 19.1 Å². The van der Waals surface area contributed by atoms with Gasteiger partial charge >= 0.3 is 5.97 Å². The van der Waals surface area contributed by atoms with E-state index >= 15 is 0 Å². The van der Waals surface area contributed by atoms with Crippen LogP contribution < -0.4 is 5.32 Å². The molecule has 1 aromatic rings. The first-order valence-electron chi connectivity index (χ1n) is 7.31. The van der Waals surface area contributed by atoms with Gasteiger partial charge < -0.3 is 14.8 Å². The van der Waals surface area contributed by atoms with Crippen molar-refractivity contribution < 1.29 is 26.9 Å². The smallest absolute Gasteiger partial charge is 0.322 e. The van der Waals surface area contributed by atoms with E-state index in [4.69, 9.17) is 8.92 Å². The van der Waals surface area contributed by atoms with Crippen molar-refractivity contribution in [1.29, 1.82) is 0 Å². The third-order valence-corrected chi connectivity index (χ3v) is 4.89. The molecule has 0 amide bonds. The molecule has 0 radical (unpaired) electrons. The van der Waals surface area contributed by atoms with Crippen LogP contribution in [0.2, 0.25) is 0 Å². The van der Waals surface area contributed by atoms with Crippen molar-refractivity contribution in [2.75, 3.05) is 26.9 Å². The molecule has 0 aliphatic carbocycles. The molecule has 128 valence electrons. The van der Waals surface area contributed by atoms with Gasteiger partial charge in [0, 0.05) is 13.0 Å². The van der Waals surface area contributed by atoms with Crippen LogP contribution in [0.1, 0.15) is 12.0 Å². The molecular weight excluding hydrogens is 322 g/mol. The molecule has 1 saturated heterocycles. The quantitative estimate of drug-likeness (QED) is 0.441. The van der Waals surface area contributed by atoms with Crippen LogP contribution in [0.5, 0.6) is 0 Å². The molecule has 1 aliphatic heterocycles. The van der Waals surface area contributed by atoms with Crippen molar-refractivity contribution >= 4 is 16.1 Å². The number of esters is 1. The average molecular weight is 343 g/mol. The van der Waals surface area contributed by atoms with E-state index in [1.165, 1.54) is 19.2 Å². The topological polar surface area (TPSA) is 90.9 Å². The van der Waals surface area contributed by atoms with E-state index in [-0.39, 0.29) is 36.2 Å². The van der Waals surface area contributed by atoms with Crippen LogP contribution in [0.15, 0.2) is 29.2 Å². The minimum Gasteiger partial charge on any atom is -0.468 e. The second-order valence-electron chi connectivity index (χ2n) is 5.30. The molecule has 0 spiro atoms. The van der Waals surface area contributed by atoms with Gasteiger partial charge in [0.25, 0.3) is 10.1 Å². The lowest BCUT2D eigenvalue weighted by molar-refractivity contribution is -0.142. The van der Waals surface area contributed by atoms with Gasteiger partial charge in [0.1, 0.15) is 6.04 Å². The predicted octanol–water partition coefficient (Wildman–Crippen LogP) is 0.620. The molecule has 1 fully saturated rings. The van der Waals surface area contributed by atoms with E-state index in [1.807, 2.05) is 6.92 Å². The van der Waals surface area contributed by atoms with Crippen LogP contribution >= 0.6 is 0 Å². The number of rotatable bonds is 7. The molecule has 2 atom stereocenters. The number of hydrogen-bond acceptors (Lipinski definition) is 7. The lowest BCUT2D eigenvalue weighted by Gasteiger charge is -2.11. The second-order valence-corrected chi connectivity index (χ2v) is 6.92. The zero-order valence-electron chi connectivity index (χ0n) is 13.2. The molecule has 1 aromatic carbocycles. The predicted molar refractivity (Wildman–Crippen MR) is 82.5 cm³/mol. The molecule has 1 aliphatic rings. The highest BCUT2D eigenvalue weighted by Gasteiger charge is 2.30. The summed E-state index contributed by atoms with van der Waals surface area (Å²) >= 11 is 0.